The van der Waals surface area contributed by atoms with Crippen LogP contribution in [0.1, 0.15) is 12.8 Å². The van der Waals surface area contributed by atoms with Gasteiger partial charge in [-0.2, -0.15) is 0 Å². The Balaban J connectivity index is 2.03. The number of ether oxygens (including phenoxy) is 1. The lowest BCUT2D eigenvalue weighted by Crippen LogP contribution is -2.35. The molecule has 2 rings (SSSR count). The standard InChI is InChI=1S/C12H15ClN2O2/c1-17-11-5-4-8(7-9(11)13)15-12(16)10-3-2-6-14-10/h4-5,7,10,14H,2-3,6H2,1H3,(H,15,16)/t10-/m1/s1. The molecule has 0 spiro atoms. The van der Waals surface area contributed by atoms with Gasteiger partial charge in [0.2, 0.25) is 5.91 Å². The molecule has 1 aromatic rings. The Bertz CT molecular complexity index is 417. The first-order valence-corrected chi connectivity index (χ1v) is 5.96. The predicted molar refractivity (Wildman–Crippen MR) is 67.7 cm³/mol. The Labute approximate surface area is 105 Å². The Morgan fingerprint density at radius 2 is 2.41 bits per heavy atom. The molecule has 2 N–H and O–H groups in total. The van der Waals surface area contributed by atoms with Crippen LogP contribution >= 0.6 is 11.6 Å². The molecule has 4 nitrogen and oxygen atoms in total. The fraction of sp³-hybridized carbons (Fsp3) is 0.417. The average Bonchev–Trinajstić information content (AvgIpc) is 2.82. The third-order valence-corrected chi connectivity index (χ3v) is 3.09. The maximum Gasteiger partial charge on any atom is 0.241 e. The summed E-state index contributed by atoms with van der Waals surface area (Å²) in [7, 11) is 1.56. The molecule has 1 fully saturated rings. The van der Waals surface area contributed by atoms with E-state index in [4.69, 9.17) is 16.3 Å². The number of amides is 1. The highest BCUT2D eigenvalue weighted by Gasteiger charge is 2.21. The summed E-state index contributed by atoms with van der Waals surface area (Å²) in [6.07, 6.45) is 1.93. The third-order valence-electron chi connectivity index (χ3n) is 2.80. The second kappa shape index (κ2) is 5.38. The molecule has 0 aromatic heterocycles. The van der Waals surface area contributed by atoms with Gasteiger partial charge >= 0.3 is 0 Å². The minimum Gasteiger partial charge on any atom is -0.495 e. The number of methoxy groups -OCH3 is 1. The Morgan fingerprint density at radius 3 is 3.00 bits per heavy atom. The summed E-state index contributed by atoms with van der Waals surface area (Å²) in [5, 5.41) is 6.47. The van der Waals surface area contributed by atoms with Crippen LogP contribution in [0.2, 0.25) is 5.02 Å². The van der Waals surface area contributed by atoms with Gasteiger partial charge in [0.05, 0.1) is 18.2 Å². The maximum atomic E-state index is 11.8. The molecule has 1 aliphatic rings. The van der Waals surface area contributed by atoms with Crippen LogP contribution < -0.4 is 15.4 Å². The zero-order valence-corrected chi connectivity index (χ0v) is 10.4. The number of benzene rings is 1. The van der Waals surface area contributed by atoms with E-state index >= 15 is 0 Å². The van der Waals surface area contributed by atoms with Crippen molar-refractivity contribution < 1.29 is 9.53 Å². The van der Waals surface area contributed by atoms with Crippen molar-refractivity contribution in [1.82, 2.24) is 5.32 Å². The van der Waals surface area contributed by atoms with Crippen LogP contribution in [0.4, 0.5) is 5.69 Å². The van der Waals surface area contributed by atoms with Gasteiger partial charge < -0.3 is 15.4 Å². The quantitative estimate of drug-likeness (QED) is 0.868. The number of rotatable bonds is 3. The highest BCUT2D eigenvalue weighted by Crippen LogP contribution is 2.27. The molecule has 0 bridgehead atoms. The van der Waals surface area contributed by atoms with Crippen molar-refractivity contribution in [3.63, 3.8) is 0 Å². The van der Waals surface area contributed by atoms with Gasteiger partial charge in [0, 0.05) is 5.69 Å². The molecule has 0 unspecified atom stereocenters. The van der Waals surface area contributed by atoms with Gasteiger partial charge in [-0.1, -0.05) is 11.6 Å². The van der Waals surface area contributed by atoms with Gasteiger partial charge in [-0.15, -0.1) is 0 Å². The average molecular weight is 255 g/mol. The summed E-state index contributed by atoms with van der Waals surface area (Å²) in [5.41, 5.74) is 0.689. The molecule has 92 valence electrons. The number of anilines is 1. The van der Waals surface area contributed by atoms with E-state index in [-0.39, 0.29) is 11.9 Å². The zero-order chi connectivity index (χ0) is 12.3. The van der Waals surface area contributed by atoms with E-state index < -0.39 is 0 Å². The van der Waals surface area contributed by atoms with Crippen molar-refractivity contribution >= 4 is 23.2 Å². The molecule has 0 saturated carbocycles. The second-order valence-electron chi connectivity index (χ2n) is 3.99. The SMILES string of the molecule is COc1ccc(NC(=O)[C@H]2CCCN2)cc1Cl. The number of carbonyl (C=O) groups excluding carboxylic acids is 1. The maximum absolute atomic E-state index is 11.8. The van der Waals surface area contributed by atoms with Gasteiger partial charge in [-0.05, 0) is 37.6 Å². The number of halogens is 1. The van der Waals surface area contributed by atoms with E-state index in [0.29, 0.717) is 16.5 Å². The summed E-state index contributed by atoms with van der Waals surface area (Å²) in [6.45, 7) is 0.904. The smallest absolute Gasteiger partial charge is 0.241 e. The molecule has 0 aliphatic carbocycles. The summed E-state index contributed by atoms with van der Waals surface area (Å²) in [4.78, 5) is 11.8. The van der Waals surface area contributed by atoms with Crippen LogP contribution in [-0.4, -0.2) is 25.6 Å². The minimum atomic E-state index is -0.0872. The van der Waals surface area contributed by atoms with Crippen LogP contribution in [0.3, 0.4) is 0 Å². The van der Waals surface area contributed by atoms with E-state index in [0.717, 1.165) is 19.4 Å². The van der Waals surface area contributed by atoms with Crippen LogP contribution in [0.15, 0.2) is 18.2 Å². The molecule has 5 heteroatoms. The molecular formula is C12H15ClN2O2. The fourth-order valence-corrected chi connectivity index (χ4v) is 2.14. The summed E-state index contributed by atoms with van der Waals surface area (Å²) >= 11 is 5.98. The topological polar surface area (TPSA) is 50.4 Å². The third kappa shape index (κ3) is 2.90. The van der Waals surface area contributed by atoms with Gasteiger partial charge in [0.25, 0.3) is 0 Å². The Morgan fingerprint density at radius 1 is 1.59 bits per heavy atom. The van der Waals surface area contributed by atoms with E-state index in [1.165, 1.54) is 0 Å². The summed E-state index contributed by atoms with van der Waals surface area (Å²) in [5.74, 6) is 0.590. The van der Waals surface area contributed by atoms with Crippen molar-refractivity contribution in [2.75, 3.05) is 19.0 Å². The van der Waals surface area contributed by atoms with Gasteiger partial charge in [-0.25, -0.2) is 0 Å². The van der Waals surface area contributed by atoms with Gasteiger partial charge in [0.1, 0.15) is 5.75 Å². The number of hydrogen-bond donors (Lipinski definition) is 2. The normalized spacial score (nSPS) is 19.1. The van der Waals surface area contributed by atoms with Crippen molar-refractivity contribution in [1.29, 1.82) is 0 Å². The zero-order valence-electron chi connectivity index (χ0n) is 9.63. The van der Waals surface area contributed by atoms with Crippen molar-refractivity contribution in [2.45, 2.75) is 18.9 Å². The van der Waals surface area contributed by atoms with Crippen LogP contribution in [0, 0.1) is 0 Å². The Kier molecular flexibility index (Phi) is 3.86. The highest BCUT2D eigenvalue weighted by atomic mass is 35.5. The van der Waals surface area contributed by atoms with E-state index in [1.807, 2.05) is 0 Å². The van der Waals surface area contributed by atoms with Crippen LogP contribution in [0.5, 0.6) is 5.75 Å². The largest absolute Gasteiger partial charge is 0.495 e. The number of carbonyl (C=O) groups is 1. The van der Waals surface area contributed by atoms with E-state index in [1.54, 1.807) is 25.3 Å². The molecule has 1 saturated heterocycles. The number of hydrogen-bond acceptors (Lipinski definition) is 3. The molecular weight excluding hydrogens is 240 g/mol. The van der Waals surface area contributed by atoms with Gasteiger partial charge in [-0.3, -0.25) is 4.79 Å². The summed E-state index contributed by atoms with van der Waals surface area (Å²) in [6, 6.07) is 5.11. The molecule has 1 atom stereocenters. The first-order valence-electron chi connectivity index (χ1n) is 5.58. The van der Waals surface area contributed by atoms with Crippen molar-refractivity contribution in [3.05, 3.63) is 23.2 Å². The minimum absolute atomic E-state index is 0.0104. The fourth-order valence-electron chi connectivity index (χ4n) is 1.88. The summed E-state index contributed by atoms with van der Waals surface area (Å²) < 4.78 is 5.05. The van der Waals surface area contributed by atoms with E-state index in [2.05, 4.69) is 10.6 Å². The Hall–Kier alpha value is -1.26. The highest BCUT2D eigenvalue weighted by molar-refractivity contribution is 6.32. The molecule has 1 aliphatic heterocycles. The number of nitrogens with one attached hydrogen (secondary N) is 2. The monoisotopic (exact) mass is 254 g/mol. The first-order chi connectivity index (χ1) is 8.20. The lowest BCUT2D eigenvalue weighted by Gasteiger charge is -2.12. The van der Waals surface area contributed by atoms with Crippen LogP contribution in [0.25, 0.3) is 0 Å². The molecule has 0 radical (unpaired) electrons. The van der Waals surface area contributed by atoms with E-state index in [9.17, 15) is 4.79 Å². The molecule has 1 aromatic carbocycles. The molecule has 1 heterocycles. The predicted octanol–water partition coefficient (Wildman–Crippen LogP) is 2.04. The lowest BCUT2D eigenvalue weighted by molar-refractivity contribution is -0.117. The first kappa shape index (κ1) is 12.2. The van der Waals surface area contributed by atoms with Crippen LogP contribution in [-0.2, 0) is 4.79 Å². The second-order valence-corrected chi connectivity index (χ2v) is 4.39. The molecule has 17 heavy (non-hydrogen) atoms. The lowest BCUT2D eigenvalue weighted by atomic mass is 10.2. The van der Waals surface area contributed by atoms with Gasteiger partial charge in [0.15, 0.2) is 0 Å². The van der Waals surface area contributed by atoms with Crippen molar-refractivity contribution in [3.8, 4) is 5.75 Å². The molecule has 1 amide bonds. The van der Waals surface area contributed by atoms with Crippen molar-refractivity contribution in [2.24, 2.45) is 0 Å².